The highest BCUT2D eigenvalue weighted by molar-refractivity contribution is 5.99. The van der Waals surface area contributed by atoms with Crippen LogP contribution in [0.15, 0.2) is 36.4 Å². The lowest BCUT2D eigenvalue weighted by Crippen LogP contribution is -2.65. The predicted octanol–water partition coefficient (Wildman–Crippen LogP) is 11.5. The van der Waals surface area contributed by atoms with Gasteiger partial charge in [-0.05, 0) is 172 Å². The minimum Gasteiger partial charge on any atom is -0.496 e. The van der Waals surface area contributed by atoms with Gasteiger partial charge in [0.15, 0.2) is 0 Å². The quantitative estimate of drug-likeness (QED) is 0.0350. The third-order valence-electron chi connectivity index (χ3n) is 18.1. The molecule has 5 amide bonds. The third kappa shape index (κ3) is 18.1. The zero-order valence-electron chi connectivity index (χ0n) is 62.6. The molecule has 3 aromatic carbocycles. The zero-order valence-corrected chi connectivity index (χ0v) is 62.6. The normalized spacial score (nSPS) is 20.0. The van der Waals surface area contributed by atoms with Crippen LogP contribution in [0.4, 0.5) is 9.59 Å². The van der Waals surface area contributed by atoms with Crippen LogP contribution in [0.3, 0.4) is 0 Å². The number of carboxylic acid groups (broad SMARTS) is 1. The van der Waals surface area contributed by atoms with Crippen LogP contribution in [0, 0.1) is 38.5 Å². The van der Waals surface area contributed by atoms with Crippen molar-refractivity contribution in [2.75, 3.05) is 35.5 Å². The highest BCUT2D eigenvalue weighted by Crippen LogP contribution is 2.45. The number of carbonyl (C=O) groups is 8. The number of hydrogen-bond donors (Lipinski definition) is 8. The molecule has 0 aliphatic carbocycles. The monoisotopic (exact) mass is 1390 g/mol. The van der Waals surface area contributed by atoms with Crippen LogP contribution >= 0.6 is 0 Å². The van der Waals surface area contributed by atoms with Crippen molar-refractivity contribution in [3.63, 3.8) is 0 Å². The van der Waals surface area contributed by atoms with Crippen LogP contribution in [0.1, 0.15) is 192 Å². The van der Waals surface area contributed by atoms with E-state index in [1.54, 1.807) is 81.6 Å². The van der Waals surface area contributed by atoms with E-state index in [2.05, 4.69) is 96.0 Å². The molecule has 4 aliphatic rings. The first-order valence-electron chi connectivity index (χ1n) is 34.4. The number of fused-ring (bicyclic) bond motifs is 10. The molecule has 6 aromatic rings. The van der Waals surface area contributed by atoms with Gasteiger partial charge < -0.3 is 79.0 Å². The van der Waals surface area contributed by atoms with E-state index in [1.165, 1.54) is 37.8 Å². The van der Waals surface area contributed by atoms with Crippen LogP contribution in [0.5, 0.6) is 17.2 Å². The van der Waals surface area contributed by atoms with Gasteiger partial charge in [0.2, 0.25) is 17.7 Å². The molecule has 25 heteroatoms. The average molecular weight is 1390 g/mol. The summed E-state index contributed by atoms with van der Waals surface area (Å²) in [5.74, 6) is 1.41. The van der Waals surface area contributed by atoms with Crippen LogP contribution in [-0.4, -0.2) is 161 Å². The number of aromatic nitrogens is 3. The van der Waals surface area contributed by atoms with E-state index in [9.17, 15) is 38.4 Å². The van der Waals surface area contributed by atoms with Gasteiger partial charge in [0.1, 0.15) is 64.7 Å². The standard InChI is InChI=1S/C27H39N3O6.C21H27N3O3.C19H26N2O3.C8H15NO4/c1-14(2)10-20-23-18(17-11-15(3)22(34-8)13-19(17)29-23)12-21(25(32)35-9)30(20)24(31)16(4)28-26(33)36-27(5,6)7;1-10(2)6-16-19-14(8-17-20(25)22-12(4)21(26)24(16)17)13-7-11(3)18(27-5)9-15(13)23-19;1-10(2)6-15-18-13(8-16(20-15)19(22)24-5)12-7-11(3)17(23-4)9-14(12)21-18;1-5(6(10)11)9-7(12)13-8(2,3)4/h11,13-14,16,20-21,29H,10,12H2,1-9H3,(H,28,33);7,9-10,12,16-17,23H,6,8H2,1-5H3,(H,22,25);7,9-10,15-16,20-21H,6,8H2,1-5H3;5H,1-4H3,(H,9,12)(H,10,11)/t16-,20-,21+;12-,16-,17+;15-,16+;5-/m0000/s1. The number of methoxy groups -OCH3 is 5. The minimum atomic E-state index is -1.09. The Hall–Kier alpha value is -9.00. The topological polar surface area (TPSA) is 323 Å². The van der Waals surface area contributed by atoms with Crippen molar-refractivity contribution in [3.8, 4) is 17.2 Å². The maximum Gasteiger partial charge on any atom is 0.408 e. The largest absolute Gasteiger partial charge is 0.496 e. The van der Waals surface area contributed by atoms with Gasteiger partial charge in [-0.1, -0.05) is 41.5 Å². The highest BCUT2D eigenvalue weighted by Gasteiger charge is 2.49. The molecule has 4 aliphatic heterocycles. The van der Waals surface area contributed by atoms with E-state index in [0.29, 0.717) is 37.5 Å². The lowest BCUT2D eigenvalue weighted by atomic mass is 9.85. The number of aromatic amines is 3. The van der Waals surface area contributed by atoms with Crippen molar-refractivity contribution in [2.24, 2.45) is 17.8 Å². The fourth-order valence-corrected chi connectivity index (χ4v) is 13.7. The Morgan fingerprint density at radius 1 is 0.560 bits per heavy atom. The van der Waals surface area contributed by atoms with E-state index in [0.717, 1.165) is 96.6 Å². The van der Waals surface area contributed by atoms with Crippen LogP contribution < -0.4 is 35.5 Å². The minimum absolute atomic E-state index is 0.00307. The number of esters is 2. The first-order chi connectivity index (χ1) is 46.7. The Balaban J connectivity index is 0.000000197. The Labute approximate surface area is 586 Å². The van der Waals surface area contributed by atoms with Crippen LogP contribution in [0.25, 0.3) is 32.7 Å². The van der Waals surface area contributed by atoms with Crippen molar-refractivity contribution in [3.05, 3.63) is 86.9 Å². The van der Waals surface area contributed by atoms with Crippen molar-refractivity contribution < 1.29 is 76.6 Å². The Morgan fingerprint density at radius 2 is 0.970 bits per heavy atom. The lowest BCUT2D eigenvalue weighted by Gasteiger charge is -2.46. The molecule has 100 heavy (non-hydrogen) atoms. The number of nitrogens with one attached hydrogen (secondary N) is 7. The smallest absolute Gasteiger partial charge is 0.408 e. The number of ether oxygens (including phenoxy) is 7. The van der Waals surface area contributed by atoms with E-state index < -0.39 is 71.6 Å². The molecular formula is C75H107N9O16. The number of aryl methyl sites for hydroxylation is 3. The van der Waals surface area contributed by atoms with Gasteiger partial charge in [-0.2, -0.15) is 0 Å². The second-order valence-electron chi connectivity index (χ2n) is 29.8. The number of hydrogen-bond acceptors (Lipinski definition) is 16. The lowest BCUT2D eigenvalue weighted by molar-refractivity contribution is -0.157. The molecule has 0 saturated carbocycles. The van der Waals surface area contributed by atoms with Crippen LogP contribution in [0.2, 0.25) is 0 Å². The van der Waals surface area contributed by atoms with Gasteiger partial charge in [0, 0.05) is 93.3 Å². The Kier molecular flexibility index (Phi) is 25.2. The Bertz CT molecular complexity index is 4000. The molecule has 1 saturated heterocycles. The summed E-state index contributed by atoms with van der Waals surface area (Å²) in [5.41, 5.74) is 11.3. The first-order valence-corrected chi connectivity index (χ1v) is 34.4. The van der Waals surface area contributed by atoms with Gasteiger partial charge in [0.25, 0.3) is 0 Å². The van der Waals surface area contributed by atoms with Gasteiger partial charge in [-0.3, -0.25) is 29.3 Å². The van der Waals surface area contributed by atoms with Gasteiger partial charge in [-0.25, -0.2) is 14.4 Å². The summed E-state index contributed by atoms with van der Waals surface area (Å²) < 4.78 is 36.7. The number of alkyl carbamates (subject to hydrolysis) is 2. The molecule has 8 N–H and O–H groups in total. The van der Waals surface area contributed by atoms with Crippen molar-refractivity contribution in [1.82, 2.24) is 46.0 Å². The fourth-order valence-electron chi connectivity index (χ4n) is 13.7. The maximum absolute atomic E-state index is 13.8. The third-order valence-corrected chi connectivity index (χ3v) is 18.1. The number of benzene rings is 3. The summed E-state index contributed by atoms with van der Waals surface area (Å²) in [7, 11) is 7.76. The molecule has 9 atom stereocenters. The van der Waals surface area contributed by atoms with Gasteiger partial charge >= 0.3 is 30.1 Å². The van der Waals surface area contributed by atoms with Crippen molar-refractivity contribution in [2.45, 2.75) is 229 Å². The zero-order chi connectivity index (χ0) is 74.5. The predicted molar refractivity (Wildman–Crippen MR) is 382 cm³/mol. The number of rotatable bonds is 15. The number of H-pyrrole nitrogens is 3. The first kappa shape index (κ1) is 78.3. The summed E-state index contributed by atoms with van der Waals surface area (Å²) in [6.45, 7) is 34.0. The van der Waals surface area contributed by atoms with E-state index in [4.69, 9.17) is 38.3 Å². The average Bonchev–Trinajstić information content (AvgIpc) is 1.52. The summed E-state index contributed by atoms with van der Waals surface area (Å²) in [5, 5.41) is 22.9. The fraction of sp³-hybridized carbons (Fsp3) is 0.573. The highest BCUT2D eigenvalue weighted by atomic mass is 16.6. The molecule has 3 aromatic heterocycles. The number of piperazine rings is 1. The molecule has 0 unspecified atom stereocenters. The van der Waals surface area contributed by atoms with Gasteiger partial charge in [0.05, 0.1) is 47.6 Å². The number of carbonyl (C=O) groups excluding carboxylic acids is 7. The molecule has 1 fully saturated rings. The van der Waals surface area contributed by atoms with E-state index >= 15 is 0 Å². The molecule has 548 valence electrons. The van der Waals surface area contributed by atoms with E-state index in [-0.39, 0.29) is 47.7 Å². The second kappa shape index (κ2) is 32.1. The van der Waals surface area contributed by atoms with Crippen LogP contribution in [-0.2, 0) is 67.0 Å². The van der Waals surface area contributed by atoms with E-state index in [1.807, 2.05) is 43.9 Å². The number of nitrogens with zero attached hydrogens (tertiary/aromatic N) is 2. The molecule has 10 rings (SSSR count). The summed E-state index contributed by atoms with van der Waals surface area (Å²) in [6.07, 6.45) is 2.47. The summed E-state index contributed by atoms with van der Waals surface area (Å²) in [4.78, 5) is 112. The molecule has 0 radical (unpaired) electrons. The second-order valence-corrected chi connectivity index (χ2v) is 29.8. The number of aliphatic carboxylic acids is 1. The number of carboxylic acids is 1. The van der Waals surface area contributed by atoms with Crippen molar-refractivity contribution >= 4 is 80.5 Å². The molecule has 0 spiro atoms. The number of amides is 5. The molecule has 7 heterocycles. The summed E-state index contributed by atoms with van der Waals surface area (Å²) in [6, 6.07) is 8.04. The molecule has 25 nitrogen and oxygen atoms in total. The van der Waals surface area contributed by atoms with Gasteiger partial charge in [-0.15, -0.1) is 0 Å². The molecule has 0 bridgehead atoms. The maximum atomic E-state index is 13.8. The molecular weight excluding hydrogens is 1280 g/mol. The SMILES string of the molecule is COC(=O)[C@H]1Cc2c([nH]c3cc(OC)c(C)cc23)[C@H](CC(C)C)N1.COC(=O)[C@H]1Cc2c([nH]c3cc(OC)c(C)cc23)[C@H](CC(C)C)N1C(=O)[C@H](C)NC(=O)OC(C)(C)C.COc1cc2[nH]c3c(c2cc1C)C[C@@H]1C(=O)N[C@@H](C)C(=O)N1[C@H]3CC(C)C.C[C@H](NC(=O)OC(C)(C)C)C(=O)O. The Morgan fingerprint density at radius 3 is 1.39 bits per heavy atom. The summed E-state index contributed by atoms with van der Waals surface area (Å²) >= 11 is 0. The van der Waals surface area contributed by atoms with Crippen molar-refractivity contribution in [1.29, 1.82) is 0 Å².